The van der Waals surface area contributed by atoms with Crippen LogP contribution in [0.4, 0.5) is 5.69 Å². The number of ether oxygens (including phenoxy) is 3. The van der Waals surface area contributed by atoms with Crippen molar-refractivity contribution in [1.82, 2.24) is 5.32 Å². The summed E-state index contributed by atoms with van der Waals surface area (Å²) in [6.45, 7) is 1.55. The van der Waals surface area contributed by atoms with Gasteiger partial charge in [-0.25, -0.2) is 13.2 Å². The Labute approximate surface area is 224 Å². The summed E-state index contributed by atoms with van der Waals surface area (Å²) in [6, 6.07) is 15.2. The van der Waals surface area contributed by atoms with Gasteiger partial charge in [-0.15, -0.1) is 0 Å². The van der Waals surface area contributed by atoms with Gasteiger partial charge in [-0.2, -0.15) is 0 Å². The first kappa shape index (κ1) is 27.1. The lowest BCUT2D eigenvalue weighted by molar-refractivity contribution is -0.128. The summed E-state index contributed by atoms with van der Waals surface area (Å²) in [5, 5.41) is 15.3. The van der Waals surface area contributed by atoms with Crippen molar-refractivity contribution in [2.45, 2.75) is 28.3 Å². The van der Waals surface area contributed by atoms with Crippen molar-refractivity contribution >= 4 is 39.2 Å². The molecule has 12 heteroatoms. The molecular formula is C26H26N2O8S2. The molecule has 1 aliphatic rings. The fourth-order valence-corrected chi connectivity index (χ4v) is 5.66. The molecule has 0 aliphatic carbocycles. The third-order valence-electron chi connectivity index (χ3n) is 5.81. The number of carboxylic acid groups (broad SMARTS) is 1. The molecule has 38 heavy (non-hydrogen) atoms. The predicted octanol–water partition coefficient (Wildman–Crippen LogP) is 3.93. The van der Waals surface area contributed by atoms with Gasteiger partial charge in [0.15, 0.2) is 26.8 Å². The molecule has 200 valence electrons. The number of amides is 1. The number of methoxy groups -OCH3 is 2. The quantitative estimate of drug-likeness (QED) is 0.335. The molecule has 0 radical (unpaired) electrons. The van der Waals surface area contributed by atoms with E-state index >= 15 is 0 Å². The van der Waals surface area contributed by atoms with Gasteiger partial charge in [0, 0.05) is 16.5 Å². The van der Waals surface area contributed by atoms with Crippen molar-refractivity contribution in [2.24, 2.45) is 0 Å². The molecular weight excluding hydrogens is 532 g/mol. The minimum atomic E-state index is -3.42. The summed E-state index contributed by atoms with van der Waals surface area (Å²) in [7, 11) is -0.349. The highest BCUT2D eigenvalue weighted by molar-refractivity contribution is 8.00. The van der Waals surface area contributed by atoms with Crippen LogP contribution >= 0.6 is 11.8 Å². The van der Waals surface area contributed by atoms with E-state index in [-0.39, 0.29) is 22.0 Å². The SMILES string of the molecule is CCS(=O)(=O)c1ccc(C(Oc2ccc(C(=O)O)cc2)C(=O)NC2Nc3cc(OC)c(OC)cc3S2)cc1. The van der Waals surface area contributed by atoms with E-state index in [1.54, 1.807) is 20.1 Å². The van der Waals surface area contributed by atoms with Crippen LogP contribution in [0.5, 0.6) is 17.2 Å². The zero-order valence-corrected chi connectivity index (χ0v) is 22.4. The summed E-state index contributed by atoms with van der Waals surface area (Å²) in [6.07, 6.45) is -1.15. The number of carbonyl (C=O) groups excluding carboxylic acids is 1. The van der Waals surface area contributed by atoms with E-state index in [0.717, 1.165) is 10.6 Å². The monoisotopic (exact) mass is 558 g/mol. The van der Waals surface area contributed by atoms with Crippen LogP contribution in [0, 0.1) is 0 Å². The third-order valence-corrected chi connectivity index (χ3v) is 8.62. The molecule has 3 aromatic carbocycles. The molecule has 1 amide bonds. The smallest absolute Gasteiger partial charge is 0.335 e. The molecule has 0 saturated carbocycles. The Kier molecular flexibility index (Phi) is 8.02. The number of anilines is 1. The van der Waals surface area contributed by atoms with Crippen LogP contribution in [-0.2, 0) is 14.6 Å². The van der Waals surface area contributed by atoms with E-state index in [1.165, 1.54) is 67.4 Å². The molecule has 3 N–H and O–H groups in total. The fraction of sp³-hybridized carbons (Fsp3) is 0.231. The fourth-order valence-electron chi connectivity index (χ4n) is 3.74. The first-order chi connectivity index (χ1) is 18.1. The van der Waals surface area contributed by atoms with Crippen LogP contribution in [0.25, 0.3) is 0 Å². The molecule has 1 aliphatic heterocycles. The van der Waals surface area contributed by atoms with E-state index in [4.69, 9.17) is 19.3 Å². The normalized spacial score (nSPS) is 15.1. The second kappa shape index (κ2) is 11.2. The molecule has 1 heterocycles. The van der Waals surface area contributed by atoms with Crippen molar-refractivity contribution in [1.29, 1.82) is 0 Å². The van der Waals surface area contributed by atoms with Crippen LogP contribution in [0.15, 0.2) is 70.5 Å². The van der Waals surface area contributed by atoms with Gasteiger partial charge in [0.05, 0.1) is 36.1 Å². The van der Waals surface area contributed by atoms with Crippen molar-refractivity contribution in [3.05, 3.63) is 71.8 Å². The van der Waals surface area contributed by atoms with Gasteiger partial charge in [0.25, 0.3) is 5.91 Å². The Morgan fingerprint density at radius 2 is 1.66 bits per heavy atom. The molecule has 0 bridgehead atoms. The number of hydrogen-bond donors (Lipinski definition) is 3. The highest BCUT2D eigenvalue weighted by atomic mass is 32.2. The minimum absolute atomic E-state index is 0.0522. The van der Waals surface area contributed by atoms with E-state index in [0.29, 0.717) is 17.1 Å². The second-order valence-corrected chi connectivity index (χ2v) is 11.6. The van der Waals surface area contributed by atoms with Gasteiger partial charge in [0.1, 0.15) is 5.75 Å². The van der Waals surface area contributed by atoms with E-state index < -0.39 is 33.3 Å². The highest BCUT2D eigenvalue weighted by Gasteiger charge is 2.30. The van der Waals surface area contributed by atoms with Crippen molar-refractivity contribution < 1.29 is 37.3 Å². The number of hydrogen-bond acceptors (Lipinski definition) is 9. The number of carboxylic acids is 1. The lowest BCUT2D eigenvalue weighted by atomic mass is 10.1. The Bertz CT molecular complexity index is 1410. The van der Waals surface area contributed by atoms with E-state index in [9.17, 15) is 18.0 Å². The lowest BCUT2D eigenvalue weighted by Crippen LogP contribution is -2.40. The number of sulfone groups is 1. The number of rotatable bonds is 10. The largest absolute Gasteiger partial charge is 0.493 e. The van der Waals surface area contributed by atoms with Gasteiger partial charge < -0.3 is 30.0 Å². The zero-order chi connectivity index (χ0) is 27.4. The first-order valence-electron chi connectivity index (χ1n) is 11.5. The number of fused-ring (bicyclic) bond motifs is 1. The topological polar surface area (TPSA) is 140 Å². The Balaban J connectivity index is 1.58. The van der Waals surface area contributed by atoms with Gasteiger partial charge in [-0.3, -0.25) is 4.79 Å². The summed E-state index contributed by atoms with van der Waals surface area (Å²) < 4.78 is 41.1. The lowest BCUT2D eigenvalue weighted by Gasteiger charge is -2.22. The summed E-state index contributed by atoms with van der Waals surface area (Å²) in [4.78, 5) is 25.6. The van der Waals surface area contributed by atoms with Gasteiger partial charge in [-0.05, 0) is 42.5 Å². The molecule has 3 aromatic rings. The van der Waals surface area contributed by atoms with Crippen molar-refractivity contribution in [3.8, 4) is 17.2 Å². The summed E-state index contributed by atoms with van der Waals surface area (Å²) >= 11 is 1.37. The average molecular weight is 559 g/mol. The van der Waals surface area contributed by atoms with Crippen LogP contribution < -0.4 is 24.8 Å². The van der Waals surface area contributed by atoms with Crippen molar-refractivity contribution in [3.63, 3.8) is 0 Å². The Morgan fingerprint density at radius 3 is 2.24 bits per heavy atom. The number of benzene rings is 3. The maximum absolute atomic E-state index is 13.5. The summed E-state index contributed by atoms with van der Waals surface area (Å²) in [5.74, 6) is -0.264. The molecule has 0 spiro atoms. The maximum Gasteiger partial charge on any atom is 0.335 e. The van der Waals surface area contributed by atoms with Crippen LogP contribution in [0.1, 0.15) is 28.9 Å². The van der Waals surface area contributed by atoms with Crippen LogP contribution in [-0.4, -0.2) is 50.9 Å². The molecule has 0 saturated heterocycles. The highest BCUT2D eigenvalue weighted by Crippen LogP contribution is 2.44. The van der Waals surface area contributed by atoms with Gasteiger partial charge in [0.2, 0.25) is 6.10 Å². The standard InChI is InChI=1S/C26H26N2O8S2/c1-4-38(32,33)18-11-7-15(8-12-18)23(36-17-9-5-16(6-10-17)25(30)31)24(29)28-26-27-19-13-20(34-2)21(35-3)14-22(19)37-26/h5-14,23,26-27H,4H2,1-3H3,(H,28,29)(H,30,31). The number of nitrogens with one attached hydrogen (secondary N) is 2. The molecule has 2 unspecified atom stereocenters. The van der Waals surface area contributed by atoms with Crippen LogP contribution in [0.2, 0.25) is 0 Å². The predicted molar refractivity (Wildman–Crippen MR) is 142 cm³/mol. The molecule has 0 aromatic heterocycles. The molecule has 2 atom stereocenters. The molecule has 10 nitrogen and oxygen atoms in total. The van der Waals surface area contributed by atoms with Gasteiger partial charge >= 0.3 is 5.97 Å². The average Bonchev–Trinajstić information content (AvgIpc) is 3.31. The second-order valence-electron chi connectivity index (χ2n) is 8.15. The Morgan fingerprint density at radius 1 is 1.03 bits per heavy atom. The number of aromatic carboxylic acids is 1. The van der Waals surface area contributed by atoms with E-state index in [2.05, 4.69) is 10.6 Å². The first-order valence-corrected chi connectivity index (χ1v) is 14.0. The minimum Gasteiger partial charge on any atom is -0.493 e. The van der Waals surface area contributed by atoms with Gasteiger partial charge in [-0.1, -0.05) is 30.8 Å². The summed E-state index contributed by atoms with van der Waals surface area (Å²) in [5.41, 5.74) is 0.717. The molecule has 4 rings (SSSR count). The van der Waals surface area contributed by atoms with Crippen LogP contribution in [0.3, 0.4) is 0 Å². The maximum atomic E-state index is 13.5. The zero-order valence-electron chi connectivity index (χ0n) is 20.8. The molecule has 0 fully saturated rings. The van der Waals surface area contributed by atoms with Crippen molar-refractivity contribution in [2.75, 3.05) is 25.3 Å². The number of carbonyl (C=O) groups is 2. The van der Waals surface area contributed by atoms with E-state index in [1.807, 2.05) is 6.07 Å². The third kappa shape index (κ3) is 5.81. The number of thioether (sulfide) groups is 1. The Hall–Kier alpha value is -3.90.